The molecule has 1 saturated carbocycles. The zero-order chi connectivity index (χ0) is 13.7. The minimum atomic E-state index is -0.609. The lowest BCUT2D eigenvalue weighted by molar-refractivity contribution is -0.157. The molecule has 1 aromatic carbocycles. The Morgan fingerprint density at radius 2 is 2.00 bits per heavy atom. The van der Waals surface area contributed by atoms with Crippen molar-refractivity contribution in [2.24, 2.45) is 11.3 Å². The van der Waals surface area contributed by atoms with E-state index in [1.165, 1.54) is 11.1 Å². The first kappa shape index (κ1) is 12.7. The van der Waals surface area contributed by atoms with Gasteiger partial charge in [0.25, 0.3) is 0 Å². The summed E-state index contributed by atoms with van der Waals surface area (Å²) in [6, 6.07) is 8.62. The van der Waals surface area contributed by atoms with E-state index in [0.29, 0.717) is 0 Å². The van der Waals surface area contributed by atoms with Gasteiger partial charge in [-0.1, -0.05) is 37.6 Å². The molecule has 1 aromatic rings. The lowest BCUT2D eigenvalue weighted by Crippen LogP contribution is -2.52. The fraction of sp³-hybridized carbons (Fsp3) is 0.588. The van der Waals surface area contributed by atoms with Crippen molar-refractivity contribution < 1.29 is 9.90 Å². The lowest BCUT2D eigenvalue weighted by Gasteiger charge is -2.53. The Bertz CT molecular complexity index is 522. The van der Waals surface area contributed by atoms with Crippen LogP contribution >= 0.6 is 0 Å². The molecule has 0 saturated heterocycles. The number of aryl methyl sites for hydroxylation is 1. The van der Waals surface area contributed by atoms with Gasteiger partial charge in [-0.2, -0.15) is 0 Å². The van der Waals surface area contributed by atoms with Crippen LogP contribution in [-0.4, -0.2) is 11.1 Å². The number of aliphatic carboxylic acids is 1. The highest BCUT2D eigenvalue weighted by Gasteiger charge is 2.54. The van der Waals surface area contributed by atoms with Crippen molar-refractivity contribution in [1.82, 2.24) is 0 Å². The second-order valence-corrected chi connectivity index (χ2v) is 6.74. The molecule has 0 spiro atoms. The highest BCUT2D eigenvalue weighted by Crippen LogP contribution is 2.57. The first-order chi connectivity index (χ1) is 8.98. The van der Waals surface area contributed by atoms with E-state index < -0.39 is 11.4 Å². The van der Waals surface area contributed by atoms with E-state index in [1.54, 1.807) is 0 Å². The Morgan fingerprint density at radius 3 is 2.74 bits per heavy atom. The SMILES string of the molecule is C[C@]1(C(=O)O)CCC[C@]2(C)c3ccccc3CCC12. The molecular weight excluding hydrogens is 236 g/mol. The number of carbonyl (C=O) groups is 1. The van der Waals surface area contributed by atoms with Crippen LogP contribution in [0.15, 0.2) is 24.3 Å². The normalized spacial score (nSPS) is 37.3. The molecule has 19 heavy (non-hydrogen) atoms. The number of carboxylic acid groups (broad SMARTS) is 1. The Hall–Kier alpha value is -1.31. The van der Waals surface area contributed by atoms with Gasteiger partial charge in [-0.3, -0.25) is 4.79 Å². The molecule has 3 rings (SSSR count). The molecule has 0 amide bonds. The molecule has 1 fully saturated rings. The second kappa shape index (κ2) is 4.09. The largest absolute Gasteiger partial charge is 0.481 e. The van der Waals surface area contributed by atoms with Crippen molar-refractivity contribution in [3.05, 3.63) is 35.4 Å². The molecule has 0 radical (unpaired) electrons. The van der Waals surface area contributed by atoms with Gasteiger partial charge < -0.3 is 5.11 Å². The molecule has 2 nitrogen and oxygen atoms in total. The average molecular weight is 258 g/mol. The summed E-state index contributed by atoms with van der Waals surface area (Å²) in [6.45, 7) is 4.25. The number of fused-ring (bicyclic) bond motifs is 3. The summed E-state index contributed by atoms with van der Waals surface area (Å²) in [6.07, 6.45) is 5.00. The molecule has 2 aliphatic carbocycles. The number of carboxylic acids is 1. The highest BCUT2D eigenvalue weighted by atomic mass is 16.4. The molecule has 0 aliphatic heterocycles. The van der Waals surface area contributed by atoms with Crippen molar-refractivity contribution in [2.75, 3.05) is 0 Å². The number of rotatable bonds is 1. The predicted molar refractivity (Wildman–Crippen MR) is 75.2 cm³/mol. The van der Waals surface area contributed by atoms with Crippen LogP contribution in [0.3, 0.4) is 0 Å². The molecule has 1 N–H and O–H groups in total. The van der Waals surface area contributed by atoms with Crippen molar-refractivity contribution in [1.29, 1.82) is 0 Å². The standard InChI is InChI=1S/C17H22O2/c1-16-10-5-11-17(2,15(18)19)14(16)9-8-12-6-3-4-7-13(12)16/h3-4,6-7,14H,5,8-11H2,1-2H3,(H,18,19)/t14?,16-,17+/m1/s1. The topological polar surface area (TPSA) is 37.3 Å². The number of benzene rings is 1. The van der Waals surface area contributed by atoms with Crippen LogP contribution in [0.4, 0.5) is 0 Å². The quantitative estimate of drug-likeness (QED) is 0.832. The number of hydrogen-bond donors (Lipinski definition) is 1. The average Bonchev–Trinajstić information content (AvgIpc) is 2.38. The number of hydrogen-bond acceptors (Lipinski definition) is 1. The van der Waals surface area contributed by atoms with Gasteiger partial charge in [-0.05, 0) is 55.1 Å². The van der Waals surface area contributed by atoms with Crippen LogP contribution in [-0.2, 0) is 16.6 Å². The lowest BCUT2D eigenvalue weighted by atomic mass is 9.50. The van der Waals surface area contributed by atoms with Crippen molar-refractivity contribution in [2.45, 2.75) is 51.4 Å². The van der Waals surface area contributed by atoms with Gasteiger partial charge in [-0.15, -0.1) is 0 Å². The first-order valence-electron chi connectivity index (χ1n) is 7.30. The van der Waals surface area contributed by atoms with Crippen LogP contribution < -0.4 is 0 Å². The maximum atomic E-state index is 11.8. The van der Waals surface area contributed by atoms with E-state index in [9.17, 15) is 9.90 Å². The van der Waals surface area contributed by atoms with Crippen molar-refractivity contribution in [3.63, 3.8) is 0 Å². The third kappa shape index (κ3) is 1.65. The predicted octanol–water partition coefficient (Wildman–Crippen LogP) is 3.78. The monoisotopic (exact) mass is 258 g/mol. The van der Waals surface area contributed by atoms with E-state index in [0.717, 1.165) is 32.1 Å². The van der Waals surface area contributed by atoms with Crippen molar-refractivity contribution in [3.8, 4) is 0 Å². The molecule has 3 atom stereocenters. The highest BCUT2D eigenvalue weighted by molar-refractivity contribution is 5.75. The summed E-state index contributed by atoms with van der Waals surface area (Å²) in [5, 5.41) is 9.70. The van der Waals surface area contributed by atoms with E-state index in [-0.39, 0.29) is 11.3 Å². The summed E-state index contributed by atoms with van der Waals surface area (Å²) in [5.74, 6) is -0.344. The first-order valence-corrected chi connectivity index (χ1v) is 7.30. The molecule has 1 unspecified atom stereocenters. The van der Waals surface area contributed by atoms with Gasteiger partial charge in [0.2, 0.25) is 0 Å². The summed E-state index contributed by atoms with van der Waals surface area (Å²) in [5.41, 5.74) is 2.31. The van der Waals surface area contributed by atoms with Gasteiger partial charge >= 0.3 is 5.97 Å². The fourth-order valence-corrected chi connectivity index (χ4v) is 4.69. The van der Waals surface area contributed by atoms with Crippen LogP contribution in [0.1, 0.15) is 50.7 Å². The summed E-state index contributed by atoms with van der Waals surface area (Å²) in [7, 11) is 0. The Labute approximate surface area is 114 Å². The zero-order valence-electron chi connectivity index (χ0n) is 11.8. The van der Waals surface area contributed by atoms with E-state index in [2.05, 4.69) is 31.2 Å². The molecule has 2 heteroatoms. The maximum absolute atomic E-state index is 11.8. The molecule has 0 aromatic heterocycles. The Kier molecular flexibility index (Phi) is 2.74. The zero-order valence-corrected chi connectivity index (χ0v) is 11.8. The van der Waals surface area contributed by atoms with E-state index >= 15 is 0 Å². The van der Waals surface area contributed by atoms with Gasteiger partial charge in [0.15, 0.2) is 0 Å². The van der Waals surface area contributed by atoms with Gasteiger partial charge in [-0.25, -0.2) is 0 Å². The van der Waals surface area contributed by atoms with Crippen LogP contribution in [0.2, 0.25) is 0 Å². The molecule has 0 bridgehead atoms. The summed E-state index contributed by atoms with van der Waals surface area (Å²) >= 11 is 0. The van der Waals surface area contributed by atoms with Gasteiger partial charge in [0.05, 0.1) is 5.41 Å². The van der Waals surface area contributed by atoms with Crippen LogP contribution in [0, 0.1) is 11.3 Å². The smallest absolute Gasteiger partial charge is 0.309 e. The van der Waals surface area contributed by atoms with Gasteiger partial charge in [0.1, 0.15) is 0 Å². The van der Waals surface area contributed by atoms with E-state index in [1.807, 2.05) is 6.92 Å². The minimum absolute atomic E-state index is 0.0419. The molecular formula is C17H22O2. The minimum Gasteiger partial charge on any atom is -0.481 e. The summed E-state index contributed by atoms with van der Waals surface area (Å²) in [4.78, 5) is 11.8. The van der Waals surface area contributed by atoms with E-state index in [4.69, 9.17) is 0 Å². The summed E-state index contributed by atoms with van der Waals surface area (Å²) < 4.78 is 0. The van der Waals surface area contributed by atoms with Crippen LogP contribution in [0.5, 0.6) is 0 Å². The fourth-order valence-electron chi connectivity index (χ4n) is 4.69. The molecule has 0 heterocycles. The Balaban J connectivity index is 2.12. The molecule has 2 aliphatic rings. The van der Waals surface area contributed by atoms with Gasteiger partial charge in [0, 0.05) is 0 Å². The third-order valence-corrected chi connectivity index (χ3v) is 5.75. The maximum Gasteiger partial charge on any atom is 0.309 e. The van der Waals surface area contributed by atoms with Crippen molar-refractivity contribution >= 4 is 5.97 Å². The molecule has 102 valence electrons. The Morgan fingerprint density at radius 1 is 1.26 bits per heavy atom. The second-order valence-electron chi connectivity index (χ2n) is 6.74. The third-order valence-electron chi connectivity index (χ3n) is 5.75. The van der Waals surface area contributed by atoms with Crippen LogP contribution in [0.25, 0.3) is 0 Å².